The molecular weight excluding hydrogens is 378 g/mol. The highest BCUT2D eigenvalue weighted by molar-refractivity contribution is 6.56. The predicted molar refractivity (Wildman–Crippen MR) is 112 cm³/mol. The Hall–Kier alpha value is -1.57. The molecule has 0 saturated carbocycles. The highest BCUT2D eigenvalue weighted by atomic mass is 35.5. The zero-order valence-electron chi connectivity index (χ0n) is 18.0. The minimum absolute atomic E-state index is 0.190. The molecule has 1 fully saturated rings. The Balaban J connectivity index is 2.28. The van der Waals surface area contributed by atoms with Gasteiger partial charge >= 0.3 is 13.2 Å². The van der Waals surface area contributed by atoms with Crippen LogP contribution < -0.4 is 5.32 Å². The molecule has 0 spiro atoms. The lowest BCUT2D eigenvalue weighted by atomic mass is 9.77. The molecule has 0 atom stereocenters. The van der Waals surface area contributed by atoms with Crippen molar-refractivity contribution in [1.29, 1.82) is 0 Å². The molecule has 2 heterocycles. The Labute approximate surface area is 173 Å². The van der Waals surface area contributed by atoms with Gasteiger partial charge in [0, 0.05) is 17.8 Å². The number of nitrogens with zero attached hydrogens (tertiary/aromatic N) is 1. The van der Waals surface area contributed by atoms with Gasteiger partial charge in [0.25, 0.3) is 0 Å². The molecule has 1 aromatic rings. The molecule has 28 heavy (non-hydrogen) atoms. The number of aryl methyl sites for hydroxylation is 1. The van der Waals surface area contributed by atoms with Crippen LogP contribution in [0.3, 0.4) is 0 Å². The number of ether oxygens (including phenoxy) is 1. The first-order chi connectivity index (χ1) is 12.7. The maximum atomic E-state index is 12.1. The third kappa shape index (κ3) is 5.72. The zero-order valence-corrected chi connectivity index (χ0v) is 18.7. The van der Waals surface area contributed by atoms with Gasteiger partial charge in [-0.25, -0.2) is 9.78 Å². The van der Waals surface area contributed by atoms with Gasteiger partial charge in [0.1, 0.15) is 10.8 Å². The number of carbonyl (C=O) groups is 1. The number of halogens is 1. The maximum Gasteiger partial charge on any atom is 0.492 e. The van der Waals surface area contributed by atoms with Gasteiger partial charge in [0.15, 0.2) is 0 Å². The lowest BCUT2D eigenvalue weighted by molar-refractivity contribution is 0.00578. The summed E-state index contributed by atoms with van der Waals surface area (Å²) in [5.74, 6) is 0. The quantitative estimate of drug-likeness (QED) is 0.583. The number of amides is 1. The summed E-state index contributed by atoms with van der Waals surface area (Å²) in [6, 6.07) is 3.75. The van der Waals surface area contributed by atoms with Crippen LogP contribution in [0.5, 0.6) is 0 Å². The second-order valence-electron chi connectivity index (χ2n) is 9.00. The van der Waals surface area contributed by atoms with Crippen molar-refractivity contribution in [3.63, 3.8) is 0 Å². The van der Waals surface area contributed by atoms with Gasteiger partial charge in [-0.15, -0.1) is 0 Å². The summed E-state index contributed by atoms with van der Waals surface area (Å²) in [4.78, 5) is 16.4. The predicted octanol–water partition coefficient (Wildman–Crippen LogP) is 4.58. The lowest BCUT2D eigenvalue weighted by Gasteiger charge is -2.32. The molecule has 0 unspecified atom stereocenters. The van der Waals surface area contributed by atoms with E-state index in [9.17, 15) is 4.79 Å². The summed E-state index contributed by atoms with van der Waals surface area (Å²) in [7, 11) is -0.627. The number of alkyl carbamates (subject to hydrolysis) is 1. The highest BCUT2D eigenvalue weighted by Crippen LogP contribution is 2.39. The molecule has 1 aliphatic heterocycles. The first-order valence-corrected chi connectivity index (χ1v) is 9.74. The number of hydrogen-bond acceptors (Lipinski definition) is 5. The molecule has 0 radical (unpaired) electrons. The number of carbonyl (C=O) groups excluding carboxylic acids is 1. The largest absolute Gasteiger partial charge is 0.492 e. The Kier molecular flexibility index (Phi) is 6.53. The third-order valence-corrected chi connectivity index (χ3v) is 5.05. The number of nitrogens with one attached hydrogen (secondary N) is 1. The Bertz CT molecular complexity index is 756. The molecule has 154 valence electrons. The van der Waals surface area contributed by atoms with E-state index in [1.54, 1.807) is 0 Å². The Morgan fingerprint density at radius 3 is 2.32 bits per heavy atom. The number of aromatic nitrogens is 1. The molecule has 1 N–H and O–H groups in total. The van der Waals surface area contributed by atoms with Crippen molar-refractivity contribution in [2.45, 2.75) is 72.2 Å². The molecule has 0 aliphatic carbocycles. The van der Waals surface area contributed by atoms with E-state index in [1.807, 2.05) is 73.6 Å². The molecule has 2 rings (SSSR count). The summed E-state index contributed by atoms with van der Waals surface area (Å²) < 4.78 is 17.6. The van der Waals surface area contributed by atoms with Crippen molar-refractivity contribution < 1.29 is 18.8 Å². The van der Waals surface area contributed by atoms with E-state index in [-0.39, 0.29) is 6.54 Å². The van der Waals surface area contributed by atoms with Crippen LogP contribution in [0.4, 0.5) is 4.79 Å². The Morgan fingerprint density at radius 1 is 1.25 bits per heavy atom. The second-order valence-corrected chi connectivity index (χ2v) is 9.35. The SMILES string of the molecule is Cc1ccc(C=C(CNC(=O)OC(C)(C)C)B2OC(C)(C)C(C)(C)O2)c(Cl)n1. The summed E-state index contributed by atoms with van der Waals surface area (Å²) in [5, 5.41) is 3.15. The van der Waals surface area contributed by atoms with Crippen LogP contribution in [0.25, 0.3) is 6.08 Å². The fraction of sp³-hybridized carbons (Fsp3) is 0.600. The van der Waals surface area contributed by atoms with E-state index in [4.69, 9.17) is 25.6 Å². The van der Waals surface area contributed by atoms with Gasteiger partial charge < -0.3 is 19.4 Å². The second kappa shape index (κ2) is 8.05. The fourth-order valence-electron chi connectivity index (χ4n) is 2.53. The van der Waals surface area contributed by atoms with Crippen molar-refractivity contribution in [3.8, 4) is 0 Å². The van der Waals surface area contributed by atoms with Crippen molar-refractivity contribution in [2.24, 2.45) is 0 Å². The van der Waals surface area contributed by atoms with Gasteiger partial charge in [0.05, 0.1) is 11.2 Å². The minimum atomic E-state index is -0.627. The number of pyridine rings is 1. The molecule has 1 aliphatic rings. The number of hydrogen-bond donors (Lipinski definition) is 1. The molecule has 0 bridgehead atoms. The van der Waals surface area contributed by atoms with Gasteiger partial charge in [-0.3, -0.25) is 0 Å². The van der Waals surface area contributed by atoms with Crippen LogP contribution in [0.1, 0.15) is 59.7 Å². The van der Waals surface area contributed by atoms with Crippen LogP contribution >= 0.6 is 11.6 Å². The molecular formula is C20H30BClN2O4. The first-order valence-electron chi connectivity index (χ1n) is 9.36. The molecule has 1 aromatic heterocycles. The van der Waals surface area contributed by atoms with Gasteiger partial charge in [-0.2, -0.15) is 0 Å². The zero-order chi connectivity index (χ0) is 21.3. The van der Waals surface area contributed by atoms with Crippen molar-refractivity contribution in [1.82, 2.24) is 10.3 Å². The van der Waals surface area contributed by atoms with E-state index < -0.39 is 30.0 Å². The molecule has 8 heteroatoms. The average Bonchev–Trinajstić information content (AvgIpc) is 2.71. The van der Waals surface area contributed by atoms with Crippen LogP contribution in [0.2, 0.25) is 5.15 Å². The summed E-state index contributed by atoms with van der Waals surface area (Å²) in [5.41, 5.74) is 0.685. The van der Waals surface area contributed by atoms with Crippen molar-refractivity contribution in [3.05, 3.63) is 34.0 Å². The van der Waals surface area contributed by atoms with Crippen LogP contribution in [-0.4, -0.2) is 41.5 Å². The van der Waals surface area contributed by atoms with E-state index in [1.165, 1.54) is 0 Å². The van der Waals surface area contributed by atoms with Crippen LogP contribution in [-0.2, 0) is 14.0 Å². The summed E-state index contributed by atoms with van der Waals surface area (Å²) in [6.45, 7) is 15.4. The van der Waals surface area contributed by atoms with E-state index >= 15 is 0 Å². The van der Waals surface area contributed by atoms with E-state index in [2.05, 4.69) is 10.3 Å². The monoisotopic (exact) mass is 408 g/mol. The first kappa shape index (κ1) is 22.7. The molecule has 0 aromatic carbocycles. The molecule has 1 amide bonds. The standard InChI is InChI=1S/C20H30BClN2O4/c1-13-9-10-14(16(22)24-13)11-15(12-23-17(25)26-18(2,3)4)21-27-19(5,6)20(7,8)28-21/h9-11H,12H2,1-8H3,(H,23,25). The van der Waals surface area contributed by atoms with E-state index in [0.717, 1.165) is 16.7 Å². The molecule has 1 saturated heterocycles. The van der Waals surface area contributed by atoms with E-state index in [0.29, 0.717) is 5.15 Å². The van der Waals surface area contributed by atoms with Crippen molar-refractivity contribution in [2.75, 3.05) is 6.54 Å². The minimum Gasteiger partial charge on any atom is -0.444 e. The number of rotatable bonds is 4. The van der Waals surface area contributed by atoms with Gasteiger partial charge in [-0.1, -0.05) is 23.7 Å². The highest BCUT2D eigenvalue weighted by Gasteiger charge is 2.52. The summed E-state index contributed by atoms with van der Waals surface area (Å²) >= 11 is 6.29. The van der Waals surface area contributed by atoms with Crippen molar-refractivity contribution >= 4 is 30.9 Å². The lowest BCUT2D eigenvalue weighted by Crippen LogP contribution is -2.41. The Morgan fingerprint density at radius 2 is 1.82 bits per heavy atom. The average molecular weight is 409 g/mol. The maximum absolute atomic E-state index is 12.1. The normalized spacial score (nSPS) is 18.9. The van der Waals surface area contributed by atoms with Crippen LogP contribution in [0, 0.1) is 6.92 Å². The summed E-state index contributed by atoms with van der Waals surface area (Å²) in [6.07, 6.45) is 1.33. The van der Waals surface area contributed by atoms with Crippen LogP contribution in [0.15, 0.2) is 17.6 Å². The fourth-order valence-corrected chi connectivity index (χ4v) is 2.78. The third-order valence-electron chi connectivity index (χ3n) is 4.75. The van der Waals surface area contributed by atoms with Gasteiger partial charge in [0.2, 0.25) is 0 Å². The molecule has 6 nitrogen and oxygen atoms in total. The topological polar surface area (TPSA) is 69.7 Å². The smallest absolute Gasteiger partial charge is 0.444 e. The van der Waals surface area contributed by atoms with Gasteiger partial charge in [-0.05, 0) is 66.9 Å².